The van der Waals surface area contributed by atoms with E-state index >= 15 is 0 Å². The molecular formula is C7H6F3N3OS. The maximum absolute atomic E-state index is 11.7. The summed E-state index contributed by atoms with van der Waals surface area (Å²) in [6, 6.07) is 1.32. The summed E-state index contributed by atoms with van der Waals surface area (Å²) >= 11 is 4.33. The van der Waals surface area contributed by atoms with Gasteiger partial charge in [0.25, 0.3) is 0 Å². The average Bonchev–Trinajstić information content (AvgIpc) is 2.58. The first-order valence-electron chi connectivity index (χ1n) is 3.79. The summed E-state index contributed by atoms with van der Waals surface area (Å²) in [5.74, 6) is -0.123. The van der Waals surface area contributed by atoms with Crippen LogP contribution >= 0.6 is 12.2 Å². The van der Waals surface area contributed by atoms with Gasteiger partial charge in [0, 0.05) is 6.07 Å². The van der Waals surface area contributed by atoms with E-state index < -0.39 is 12.8 Å². The van der Waals surface area contributed by atoms with Crippen LogP contribution in [0.3, 0.4) is 0 Å². The first-order chi connectivity index (χ1) is 7.01. The highest BCUT2D eigenvalue weighted by molar-refractivity contribution is 7.78. The Labute approximate surface area is 88.2 Å². The van der Waals surface area contributed by atoms with Crippen molar-refractivity contribution in [1.29, 1.82) is 0 Å². The smallest absolute Gasteiger partial charge is 0.422 e. The van der Waals surface area contributed by atoms with Gasteiger partial charge in [-0.25, -0.2) is 4.99 Å². The number of nitrogens with zero attached hydrogens (tertiary/aromatic N) is 2. The third kappa shape index (κ3) is 4.57. The number of aromatic amines is 1. The molecule has 0 aromatic carbocycles. The lowest BCUT2D eigenvalue weighted by molar-refractivity contribution is -0.154. The molecule has 1 rings (SSSR count). The van der Waals surface area contributed by atoms with Crippen molar-refractivity contribution in [1.82, 2.24) is 10.2 Å². The van der Waals surface area contributed by atoms with Crippen LogP contribution in [-0.2, 0) is 6.54 Å². The number of aliphatic imine (C=N–C) groups is 1. The third-order valence-electron chi connectivity index (χ3n) is 1.31. The Bertz CT molecular complexity index is 370. The minimum absolute atomic E-state index is 0.123. The molecule has 15 heavy (non-hydrogen) atoms. The molecule has 4 nitrogen and oxygen atoms in total. The molecule has 0 bridgehead atoms. The molecule has 8 heteroatoms. The number of thiocarbonyl (C=S) groups is 1. The van der Waals surface area contributed by atoms with E-state index in [4.69, 9.17) is 0 Å². The second-order valence-corrected chi connectivity index (χ2v) is 2.73. The van der Waals surface area contributed by atoms with Crippen molar-refractivity contribution in [2.75, 3.05) is 6.61 Å². The first-order valence-corrected chi connectivity index (χ1v) is 4.19. The summed E-state index contributed by atoms with van der Waals surface area (Å²) in [5, 5.41) is 8.08. The van der Waals surface area contributed by atoms with Crippen LogP contribution in [-0.4, -0.2) is 28.1 Å². The van der Waals surface area contributed by atoms with E-state index in [0.29, 0.717) is 5.69 Å². The van der Waals surface area contributed by atoms with E-state index in [1.165, 1.54) is 6.07 Å². The zero-order valence-electron chi connectivity index (χ0n) is 7.34. The molecule has 1 aromatic heterocycles. The van der Waals surface area contributed by atoms with Gasteiger partial charge in [0.2, 0.25) is 5.88 Å². The van der Waals surface area contributed by atoms with Crippen LogP contribution in [0.2, 0.25) is 0 Å². The average molecular weight is 237 g/mol. The van der Waals surface area contributed by atoms with Gasteiger partial charge in [0.05, 0.1) is 17.4 Å². The SMILES string of the molecule is FC(F)(F)COc1cc(CN=C=S)[nH]n1. The maximum atomic E-state index is 11.7. The lowest BCUT2D eigenvalue weighted by atomic mass is 10.4. The fraction of sp³-hybridized carbons (Fsp3) is 0.429. The molecule has 0 aliphatic rings. The number of H-pyrrole nitrogens is 1. The van der Waals surface area contributed by atoms with Gasteiger partial charge in [-0.05, 0) is 12.2 Å². The molecule has 0 unspecified atom stereocenters. The normalized spacial score (nSPS) is 10.9. The summed E-state index contributed by atoms with van der Waals surface area (Å²) in [4.78, 5) is 3.58. The third-order valence-corrected chi connectivity index (χ3v) is 1.43. The second-order valence-electron chi connectivity index (χ2n) is 2.54. The number of nitrogens with one attached hydrogen (secondary N) is 1. The minimum Gasteiger partial charge on any atom is -0.467 e. The van der Waals surface area contributed by atoms with Crippen molar-refractivity contribution in [2.45, 2.75) is 12.7 Å². The Hall–Kier alpha value is -1.40. The molecule has 1 N–H and O–H groups in total. The van der Waals surface area contributed by atoms with E-state index in [0.717, 1.165) is 0 Å². The van der Waals surface area contributed by atoms with Gasteiger partial charge in [-0.15, -0.1) is 5.10 Å². The Morgan fingerprint density at radius 3 is 2.93 bits per heavy atom. The Morgan fingerprint density at radius 1 is 1.60 bits per heavy atom. The van der Waals surface area contributed by atoms with Crippen molar-refractivity contribution in [2.24, 2.45) is 4.99 Å². The van der Waals surface area contributed by atoms with Crippen molar-refractivity contribution in [3.8, 4) is 5.88 Å². The number of rotatable bonds is 4. The van der Waals surface area contributed by atoms with Gasteiger partial charge in [-0.2, -0.15) is 13.2 Å². The van der Waals surface area contributed by atoms with Crippen LogP contribution < -0.4 is 4.74 Å². The second kappa shape index (κ2) is 4.90. The Morgan fingerprint density at radius 2 is 2.33 bits per heavy atom. The molecule has 0 radical (unpaired) electrons. The lowest BCUT2D eigenvalue weighted by Crippen LogP contribution is -2.19. The van der Waals surface area contributed by atoms with Gasteiger partial charge >= 0.3 is 6.18 Å². The van der Waals surface area contributed by atoms with Crippen molar-refractivity contribution in [3.63, 3.8) is 0 Å². The highest BCUT2D eigenvalue weighted by Gasteiger charge is 2.28. The van der Waals surface area contributed by atoms with Crippen LogP contribution in [0.15, 0.2) is 11.1 Å². The van der Waals surface area contributed by atoms with Gasteiger partial charge in [0.1, 0.15) is 0 Å². The number of isothiocyanates is 1. The van der Waals surface area contributed by atoms with E-state index in [-0.39, 0.29) is 12.4 Å². The molecule has 0 saturated carbocycles. The topological polar surface area (TPSA) is 50.3 Å². The predicted octanol–water partition coefficient (Wildman–Crippen LogP) is 1.95. The number of ether oxygens (including phenoxy) is 1. The molecular weight excluding hydrogens is 231 g/mol. The zero-order chi connectivity index (χ0) is 11.3. The molecule has 0 aliphatic carbocycles. The first kappa shape index (κ1) is 11.7. The molecule has 0 spiro atoms. The van der Waals surface area contributed by atoms with Crippen LogP contribution in [0, 0.1) is 0 Å². The summed E-state index contributed by atoms with van der Waals surface area (Å²) in [5.41, 5.74) is 0.504. The molecule has 0 fully saturated rings. The van der Waals surface area contributed by atoms with Crippen LogP contribution in [0.25, 0.3) is 0 Å². The fourth-order valence-corrected chi connectivity index (χ4v) is 0.833. The van der Waals surface area contributed by atoms with E-state index in [2.05, 4.69) is 37.3 Å². The van der Waals surface area contributed by atoms with Crippen molar-refractivity contribution in [3.05, 3.63) is 11.8 Å². The molecule has 1 heterocycles. The largest absolute Gasteiger partial charge is 0.467 e. The molecule has 0 aliphatic heterocycles. The van der Waals surface area contributed by atoms with E-state index in [1.54, 1.807) is 0 Å². The minimum atomic E-state index is -4.37. The van der Waals surface area contributed by atoms with Gasteiger partial charge in [0.15, 0.2) is 6.61 Å². The Balaban J connectivity index is 2.49. The van der Waals surface area contributed by atoms with Crippen LogP contribution in [0.5, 0.6) is 5.88 Å². The summed E-state index contributed by atoms with van der Waals surface area (Å²) in [6.07, 6.45) is -4.37. The number of hydrogen-bond acceptors (Lipinski definition) is 4. The quantitative estimate of drug-likeness (QED) is 0.643. The number of halogens is 3. The number of aromatic nitrogens is 2. The highest BCUT2D eigenvalue weighted by Crippen LogP contribution is 2.17. The summed E-state index contributed by atoms with van der Waals surface area (Å²) in [7, 11) is 0. The lowest BCUT2D eigenvalue weighted by Gasteiger charge is -2.05. The van der Waals surface area contributed by atoms with Gasteiger partial charge in [-0.1, -0.05) is 0 Å². The molecule has 0 atom stereocenters. The monoisotopic (exact) mass is 237 g/mol. The van der Waals surface area contributed by atoms with E-state index in [1.807, 2.05) is 0 Å². The van der Waals surface area contributed by atoms with Gasteiger partial charge in [-0.3, -0.25) is 5.10 Å². The number of alkyl halides is 3. The molecule has 1 aromatic rings. The fourth-order valence-electron chi connectivity index (χ4n) is 0.769. The summed E-state index contributed by atoms with van der Waals surface area (Å²) < 4.78 is 39.6. The zero-order valence-corrected chi connectivity index (χ0v) is 8.15. The van der Waals surface area contributed by atoms with Crippen LogP contribution in [0.4, 0.5) is 13.2 Å². The standard InChI is InChI=1S/C7H6F3N3OS/c8-7(9,10)3-14-6-1-5(12-13-6)2-11-4-15/h1H,2-3H2,(H,12,13). The Kier molecular flexibility index (Phi) is 3.81. The molecule has 82 valence electrons. The summed E-state index contributed by atoms with van der Waals surface area (Å²) in [6.45, 7) is -1.18. The molecule has 0 amide bonds. The van der Waals surface area contributed by atoms with E-state index in [9.17, 15) is 13.2 Å². The highest BCUT2D eigenvalue weighted by atomic mass is 32.1. The number of hydrogen-bond donors (Lipinski definition) is 1. The van der Waals surface area contributed by atoms with Gasteiger partial charge < -0.3 is 4.74 Å². The maximum Gasteiger partial charge on any atom is 0.422 e. The predicted molar refractivity (Wildman–Crippen MR) is 48.9 cm³/mol. The van der Waals surface area contributed by atoms with Crippen LogP contribution in [0.1, 0.15) is 5.69 Å². The molecule has 0 saturated heterocycles. The van der Waals surface area contributed by atoms with Crippen molar-refractivity contribution < 1.29 is 17.9 Å². The van der Waals surface area contributed by atoms with Crippen molar-refractivity contribution >= 4 is 17.4 Å².